The molecule has 2 aliphatic heterocycles. The highest BCUT2D eigenvalue weighted by Gasteiger charge is 2.44. The summed E-state index contributed by atoms with van der Waals surface area (Å²) < 4.78 is 23.4. The average Bonchev–Trinajstić information content (AvgIpc) is 3.39. The number of fused-ring (bicyclic) bond motifs is 5. The van der Waals surface area contributed by atoms with Gasteiger partial charge in [-0.3, -0.25) is 4.79 Å². The van der Waals surface area contributed by atoms with Crippen LogP contribution in [0.25, 0.3) is 22.2 Å². The van der Waals surface area contributed by atoms with Crippen molar-refractivity contribution < 1.29 is 9.18 Å². The van der Waals surface area contributed by atoms with Gasteiger partial charge in [-0.1, -0.05) is 17.7 Å². The van der Waals surface area contributed by atoms with E-state index in [0.717, 1.165) is 35.6 Å². The van der Waals surface area contributed by atoms with Gasteiger partial charge in [0.15, 0.2) is 0 Å². The van der Waals surface area contributed by atoms with Crippen molar-refractivity contribution in [1.82, 2.24) is 23.8 Å². The van der Waals surface area contributed by atoms with Gasteiger partial charge in [-0.25, -0.2) is 14.3 Å². The number of H-pyrrole nitrogens is 1. The van der Waals surface area contributed by atoms with Crippen LogP contribution >= 0.6 is 23.3 Å². The monoisotopic (exact) mass is 482 g/mol. The van der Waals surface area contributed by atoms with E-state index in [0.29, 0.717) is 33.8 Å². The maximum Gasteiger partial charge on any atom is 0.322 e. The molecule has 1 saturated heterocycles. The zero-order chi connectivity index (χ0) is 22.7. The maximum absolute atomic E-state index is 15.0. The maximum atomic E-state index is 15.0. The van der Waals surface area contributed by atoms with Crippen LogP contribution in [-0.2, 0) is 6.42 Å². The molecule has 6 rings (SSSR count). The lowest BCUT2D eigenvalue weighted by Crippen LogP contribution is -2.45. The topological polar surface area (TPSA) is 104 Å². The summed E-state index contributed by atoms with van der Waals surface area (Å²) in [6.45, 7) is 0. The Morgan fingerprint density at radius 3 is 2.91 bits per heavy atom. The number of amides is 2. The third-order valence-corrected chi connectivity index (χ3v) is 7.16. The van der Waals surface area contributed by atoms with E-state index in [4.69, 9.17) is 11.6 Å². The van der Waals surface area contributed by atoms with Crippen LogP contribution in [0.2, 0.25) is 5.02 Å². The third kappa shape index (κ3) is 3.37. The highest BCUT2D eigenvalue weighted by atomic mass is 35.5. The van der Waals surface area contributed by atoms with E-state index >= 15 is 4.39 Å². The van der Waals surface area contributed by atoms with Crippen LogP contribution in [0.3, 0.4) is 0 Å². The minimum absolute atomic E-state index is 0.00442. The zero-order valence-electron chi connectivity index (χ0n) is 17.0. The molecular weight excluding hydrogens is 467 g/mol. The van der Waals surface area contributed by atoms with Gasteiger partial charge in [-0.05, 0) is 54.7 Å². The van der Waals surface area contributed by atoms with Gasteiger partial charge in [0.2, 0.25) is 0 Å². The Hall–Kier alpha value is -3.37. The first-order valence-corrected chi connectivity index (χ1v) is 11.5. The summed E-state index contributed by atoms with van der Waals surface area (Å²) in [6.07, 6.45) is 2.07. The SMILES string of the molecule is O=C(Nc1cc(Cl)c(-c2ccc3nsnc3c2)cc1F)N1C2CCC1c1n[nH]c(=O)cc1C2. The fourth-order valence-electron chi connectivity index (χ4n) is 4.81. The molecule has 1 fully saturated rings. The normalized spacial score (nSPS) is 19.0. The molecule has 0 spiro atoms. The highest BCUT2D eigenvalue weighted by Crippen LogP contribution is 2.43. The molecule has 0 radical (unpaired) electrons. The summed E-state index contributed by atoms with van der Waals surface area (Å²) in [6, 6.07) is 8.95. The van der Waals surface area contributed by atoms with Gasteiger partial charge in [0.25, 0.3) is 5.56 Å². The van der Waals surface area contributed by atoms with Gasteiger partial charge >= 0.3 is 6.03 Å². The Morgan fingerprint density at radius 2 is 2.03 bits per heavy atom. The summed E-state index contributed by atoms with van der Waals surface area (Å²) in [7, 11) is 0. The summed E-state index contributed by atoms with van der Waals surface area (Å²) in [5.41, 5.74) is 3.99. The van der Waals surface area contributed by atoms with Gasteiger partial charge in [-0.15, -0.1) is 0 Å². The number of aromatic nitrogens is 4. The quantitative estimate of drug-likeness (QED) is 0.437. The van der Waals surface area contributed by atoms with Crippen molar-refractivity contribution >= 4 is 46.1 Å². The molecule has 0 aliphatic carbocycles. The molecule has 2 bridgehead atoms. The van der Waals surface area contributed by atoms with Gasteiger partial charge in [-0.2, -0.15) is 13.8 Å². The number of benzene rings is 2. The Kier molecular flexibility index (Phi) is 4.66. The second kappa shape index (κ2) is 7.60. The van der Waals surface area contributed by atoms with E-state index in [-0.39, 0.29) is 23.3 Å². The summed E-state index contributed by atoms with van der Waals surface area (Å²) >= 11 is 7.58. The Labute approximate surface area is 195 Å². The van der Waals surface area contributed by atoms with Crippen molar-refractivity contribution in [2.45, 2.75) is 31.3 Å². The van der Waals surface area contributed by atoms with Crippen molar-refractivity contribution in [3.63, 3.8) is 0 Å². The van der Waals surface area contributed by atoms with E-state index in [2.05, 4.69) is 24.3 Å². The molecule has 166 valence electrons. The summed E-state index contributed by atoms with van der Waals surface area (Å²) in [5.74, 6) is -0.591. The predicted octanol–water partition coefficient (Wildman–Crippen LogP) is 4.53. The van der Waals surface area contributed by atoms with Gasteiger partial charge in [0.1, 0.15) is 16.9 Å². The number of hydrogen-bond donors (Lipinski definition) is 2. The molecule has 2 aromatic carbocycles. The van der Waals surface area contributed by atoms with Crippen molar-refractivity contribution in [1.29, 1.82) is 0 Å². The van der Waals surface area contributed by atoms with E-state index < -0.39 is 11.8 Å². The smallest absolute Gasteiger partial charge is 0.313 e. The number of aromatic amines is 1. The number of nitrogens with one attached hydrogen (secondary N) is 2. The number of nitrogens with zero attached hydrogens (tertiary/aromatic N) is 4. The molecular formula is C22H16ClFN6O2S. The number of hydrogen-bond acceptors (Lipinski definition) is 6. The number of carbonyl (C=O) groups excluding carboxylic acids is 1. The number of carbonyl (C=O) groups is 1. The Morgan fingerprint density at radius 1 is 1.18 bits per heavy atom. The van der Waals surface area contributed by atoms with Crippen LogP contribution in [0, 0.1) is 5.82 Å². The number of rotatable bonds is 2. The van der Waals surface area contributed by atoms with E-state index in [1.165, 1.54) is 12.1 Å². The van der Waals surface area contributed by atoms with E-state index in [1.807, 2.05) is 12.1 Å². The van der Waals surface area contributed by atoms with E-state index in [1.54, 1.807) is 17.0 Å². The average molecular weight is 483 g/mol. The predicted molar refractivity (Wildman–Crippen MR) is 123 cm³/mol. The molecule has 11 heteroatoms. The minimum Gasteiger partial charge on any atom is -0.313 e. The van der Waals surface area contributed by atoms with Crippen LogP contribution in [0.15, 0.2) is 41.2 Å². The molecule has 0 saturated carbocycles. The first kappa shape index (κ1) is 20.3. The van der Waals surface area contributed by atoms with Crippen LogP contribution in [0.5, 0.6) is 0 Å². The standard InChI is InChI=1S/C22H16ClFN6O2S/c23-14-9-17(15(24)8-13(14)10-1-3-16-18(6-10)29-33-28-16)25-22(32)30-12-2-4-19(30)21-11(5-12)7-20(31)26-27-21/h1,3,6-9,12,19H,2,4-5H2,(H,25,32)(H,26,31). The fourth-order valence-corrected chi connectivity index (χ4v) is 5.60. The largest absolute Gasteiger partial charge is 0.322 e. The Bertz CT molecular complexity index is 1490. The van der Waals surface area contributed by atoms with E-state index in [9.17, 15) is 9.59 Å². The molecule has 4 heterocycles. The zero-order valence-corrected chi connectivity index (χ0v) is 18.6. The first-order valence-electron chi connectivity index (χ1n) is 10.4. The van der Waals surface area contributed by atoms with Crippen molar-refractivity contribution in [2.24, 2.45) is 0 Å². The first-order chi connectivity index (χ1) is 16.0. The lowest BCUT2D eigenvalue weighted by Gasteiger charge is -2.35. The molecule has 2 aliphatic rings. The molecule has 33 heavy (non-hydrogen) atoms. The Balaban J connectivity index is 1.28. The van der Waals surface area contributed by atoms with Crippen molar-refractivity contribution in [3.8, 4) is 11.1 Å². The second-order valence-corrected chi connectivity index (χ2v) is 9.15. The van der Waals surface area contributed by atoms with Crippen LogP contribution in [0.4, 0.5) is 14.9 Å². The fraction of sp³-hybridized carbons (Fsp3) is 0.227. The molecule has 2 aromatic heterocycles. The number of urea groups is 1. The lowest BCUT2D eigenvalue weighted by atomic mass is 9.99. The molecule has 4 aromatic rings. The summed E-state index contributed by atoms with van der Waals surface area (Å²) in [5, 5.41) is 9.60. The van der Waals surface area contributed by atoms with Crippen molar-refractivity contribution in [2.75, 3.05) is 5.32 Å². The third-order valence-electron chi connectivity index (χ3n) is 6.29. The second-order valence-electron chi connectivity index (χ2n) is 8.21. The molecule has 2 amide bonds. The van der Waals surface area contributed by atoms with Gasteiger partial charge in [0, 0.05) is 17.7 Å². The van der Waals surface area contributed by atoms with Crippen LogP contribution in [0.1, 0.15) is 30.1 Å². The van der Waals surface area contributed by atoms with Crippen LogP contribution < -0.4 is 10.9 Å². The summed E-state index contributed by atoms with van der Waals surface area (Å²) in [4.78, 5) is 26.4. The number of halogens is 2. The molecule has 8 nitrogen and oxygen atoms in total. The van der Waals surface area contributed by atoms with Crippen molar-refractivity contribution in [3.05, 3.63) is 68.8 Å². The van der Waals surface area contributed by atoms with Crippen LogP contribution in [-0.4, -0.2) is 35.9 Å². The molecule has 2 N–H and O–H groups in total. The lowest BCUT2D eigenvalue weighted by molar-refractivity contribution is 0.177. The van der Waals surface area contributed by atoms with Gasteiger partial charge < -0.3 is 10.2 Å². The molecule has 2 unspecified atom stereocenters. The number of anilines is 1. The minimum atomic E-state index is -0.591. The highest BCUT2D eigenvalue weighted by molar-refractivity contribution is 7.00. The molecule has 2 atom stereocenters. The van der Waals surface area contributed by atoms with Gasteiger partial charge in [0.05, 0.1) is 34.2 Å².